The van der Waals surface area contributed by atoms with Gasteiger partial charge in [-0.15, -0.1) is 0 Å². The minimum atomic E-state index is 0.734. The smallest absolute Gasteiger partial charge is 0.150 e. The van der Waals surface area contributed by atoms with Crippen molar-refractivity contribution in [3.8, 4) is 11.3 Å². The van der Waals surface area contributed by atoms with Crippen LogP contribution in [0, 0.1) is 5.92 Å². The predicted octanol–water partition coefficient (Wildman–Crippen LogP) is 2.81. The van der Waals surface area contributed by atoms with Crippen LogP contribution < -0.4 is 0 Å². The van der Waals surface area contributed by atoms with Gasteiger partial charge < -0.3 is 0 Å². The molecule has 1 fully saturated rings. The third-order valence-electron chi connectivity index (χ3n) is 3.90. The molecule has 5 nitrogen and oxygen atoms in total. The van der Waals surface area contributed by atoms with E-state index in [2.05, 4.69) is 31.2 Å². The van der Waals surface area contributed by atoms with Gasteiger partial charge in [0.1, 0.15) is 5.82 Å². The highest BCUT2D eigenvalue weighted by atomic mass is 15.2. The van der Waals surface area contributed by atoms with E-state index in [1.807, 2.05) is 30.6 Å². The van der Waals surface area contributed by atoms with Crippen molar-refractivity contribution < 1.29 is 0 Å². The Balaban J connectivity index is 1.45. The van der Waals surface area contributed by atoms with Crippen molar-refractivity contribution in [2.75, 3.05) is 0 Å². The Hall–Kier alpha value is -2.56. The van der Waals surface area contributed by atoms with E-state index in [1.165, 1.54) is 12.8 Å². The van der Waals surface area contributed by atoms with E-state index in [4.69, 9.17) is 0 Å². The van der Waals surface area contributed by atoms with Crippen molar-refractivity contribution >= 4 is 0 Å². The molecule has 4 rings (SSSR count). The van der Waals surface area contributed by atoms with Gasteiger partial charge in [0, 0.05) is 37.0 Å². The zero-order valence-corrected chi connectivity index (χ0v) is 12.2. The first kappa shape index (κ1) is 13.1. The van der Waals surface area contributed by atoms with Crippen LogP contribution in [-0.2, 0) is 12.8 Å². The normalized spacial score (nSPS) is 14.2. The Morgan fingerprint density at radius 1 is 1.14 bits per heavy atom. The summed E-state index contributed by atoms with van der Waals surface area (Å²) < 4.78 is 0. The number of H-pyrrole nitrogens is 1. The quantitative estimate of drug-likeness (QED) is 0.785. The lowest BCUT2D eigenvalue weighted by molar-refractivity contribution is 0.774. The fourth-order valence-electron chi connectivity index (χ4n) is 2.49. The van der Waals surface area contributed by atoms with Gasteiger partial charge in [0.15, 0.2) is 5.82 Å². The first-order valence-electron chi connectivity index (χ1n) is 7.62. The molecule has 0 amide bonds. The topological polar surface area (TPSA) is 67.3 Å². The molecule has 1 aliphatic rings. The molecular weight excluding hydrogens is 274 g/mol. The van der Waals surface area contributed by atoms with Gasteiger partial charge in [0.25, 0.3) is 0 Å². The minimum absolute atomic E-state index is 0.734. The average Bonchev–Trinajstić information content (AvgIpc) is 3.27. The molecule has 5 heteroatoms. The van der Waals surface area contributed by atoms with E-state index < -0.39 is 0 Å². The Morgan fingerprint density at radius 3 is 2.82 bits per heavy atom. The SMILES string of the molecule is c1cncc(-c2ccc(Cc3nc(CC4CC4)n[nH]3)cn2)c1. The number of hydrogen-bond acceptors (Lipinski definition) is 4. The molecule has 1 saturated carbocycles. The lowest BCUT2D eigenvalue weighted by Gasteiger charge is -2.02. The summed E-state index contributed by atoms with van der Waals surface area (Å²) in [5, 5.41) is 7.33. The molecule has 0 spiro atoms. The maximum absolute atomic E-state index is 4.56. The van der Waals surface area contributed by atoms with Crippen LogP contribution >= 0.6 is 0 Å². The molecule has 1 N–H and O–H groups in total. The number of nitrogens with zero attached hydrogens (tertiary/aromatic N) is 4. The largest absolute Gasteiger partial charge is 0.264 e. The second-order valence-corrected chi connectivity index (χ2v) is 5.82. The monoisotopic (exact) mass is 291 g/mol. The highest BCUT2D eigenvalue weighted by Gasteiger charge is 2.23. The molecule has 110 valence electrons. The summed E-state index contributed by atoms with van der Waals surface area (Å²) in [5.41, 5.74) is 3.09. The van der Waals surface area contributed by atoms with E-state index in [0.29, 0.717) is 0 Å². The van der Waals surface area contributed by atoms with Crippen LogP contribution in [0.2, 0.25) is 0 Å². The molecule has 0 aromatic carbocycles. The van der Waals surface area contributed by atoms with Gasteiger partial charge in [-0.05, 0) is 42.5 Å². The van der Waals surface area contributed by atoms with Gasteiger partial charge in [-0.2, -0.15) is 5.10 Å². The van der Waals surface area contributed by atoms with Crippen LogP contribution in [0.25, 0.3) is 11.3 Å². The summed E-state index contributed by atoms with van der Waals surface area (Å²) in [6, 6.07) is 8.03. The van der Waals surface area contributed by atoms with Crippen LogP contribution in [0.4, 0.5) is 0 Å². The highest BCUT2D eigenvalue weighted by Crippen LogP contribution is 2.31. The van der Waals surface area contributed by atoms with Crippen molar-refractivity contribution in [3.63, 3.8) is 0 Å². The first-order chi connectivity index (χ1) is 10.9. The van der Waals surface area contributed by atoms with Crippen molar-refractivity contribution in [1.29, 1.82) is 0 Å². The summed E-state index contributed by atoms with van der Waals surface area (Å²) >= 11 is 0. The van der Waals surface area contributed by atoms with Crippen molar-refractivity contribution in [2.24, 2.45) is 5.92 Å². The standard InChI is InChI=1S/C17H17N5/c1-2-14(11-18-7-1)15-6-5-13(10-19-15)9-17-20-16(21-22-17)8-12-3-4-12/h1-2,5-7,10-12H,3-4,8-9H2,(H,20,21,22). The van der Waals surface area contributed by atoms with E-state index >= 15 is 0 Å². The second kappa shape index (κ2) is 5.67. The van der Waals surface area contributed by atoms with Gasteiger partial charge >= 0.3 is 0 Å². The fourth-order valence-corrected chi connectivity index (χ4v) is 2.49. The number of aromatic amines is 1. The molecular formula is C17H17N5. The number of nitrogens with one attached hydrogen (secondary N) is 1. The van der Waals surface area contributed by atoms with Crippen LogP contribution in [0.3, 0.4) is 0 Å². The van der Waals surface area contributed by atoms with Crippen molar-refractivity contribution in [3.05, 3.63) is 60.1 Å². The van der Waals surface area contributed by atoms with Gasteiger partial charge in [-0.3, -0.25) is 15.1 Å². The van der Waals surface area contributed by atoms with E-state index in [1.54, 1.807) is 6.20 Å². The van der Waals surface area contributed by atoms with E-state index in [0.717, 1.165) is 47.2 Å². The van der Waals surface area contributed by atoms with Crippen molar-refractivity contribution in [2.45, 2.75) is 25.7 Å². The molecule has 0 bridgehead atoms. The maximum atomic E-state index is 4.56. The zero-order valence-electron chi connectivity index (χ0n) is 12.2. The third-order valence-corrected chi connectivity index (χ3v) is 3.90. The molecule has 22 heavy (non-hydrogen) atoms. The molecule has 3 aromatic rings. The van der Waals surface area contributed by atoms with Crippen LogP contribution in [-0.4, -0.2) is 25.1 Å². The number of rotatable bonds is 5. The lowest BCUT2D eigenvalue weighted by Crippen LogP contribution is -1.94. The lowest BCUT2D eigenvalue weighted by atomic mass is 10.1. The van der Waals surface area contributed by atoms with Crippen LogP contribution in [0.5, 0.6) is 0 Å². The molecule has 0 aliphatic heterocycles. The predicted molar refractivity (Wildman–Crippen MR) is 83.1 cm³/mol. The molecule has 3 heterocycles. The minimum Gasteiger partial charge on any atom is -0.264 e. The van der Waals surface area contributed by atoms with Gasteiger partial charge in [-0.25, -0.2) is 4.98 Å². The van der Waals surface area contributed by atoms with Gasteiger partial charge in [-0.1, -0.05) is 6.07 Å². The van der Waals surface area contributed by atoms with Gasteiger partial charge in [0.2, 0.25) is 0 Å². The summed E-state index contributed by atoms with van der Waals surface area (Å²) in [5.74, 6) is 2.66. The third kappa shape index (κ3) is 3.03. The number of pyridine rings is 2. The molecule has 0 radical (unpaired) electrons. The average molecular weight is 291 g/mol. The Bertz CT molecular complexity index is 744. The number of hydrogen-bond donors (Lipinski definition) is 1. The summed E-state index contributed by atoms with van der Waals surface area (Å²) in [7, 11) is 0. The van der Waals surface area contributed by atoms with Crippen LogP contribution in [0.15, 0.2) is 42.9 Å². The van der Waals surface area contributed by atoms with Gasteiger partial charge in [0.05, 0.1) is 5.69 Å². The van der Waals surface area contributed by atoms with Crippen molar-refractivity contribution in [1.82, 2.24) is 25.1 Å². The maximum Gasteiger partial charge on any atom is 0.150 e. The Labute approximate surface area is 128 Å². The fraction of sp³-hybridized carbons (Fsp3) is 0.294. The first-order valence-corrected chi connectivity index (χ1v) is 7.62. The summed E-state index contributed by atoms with van der Waals surface area (Å²) in [6.45, 7) is 0. The molecule has 0 atom stereocenters. The summed E-state index contributed by atoms with van der Waals surface area (Å²) in [4.78, 5) is 13.2. The van der Waals surface area contributed by atoms with Crippen LogP contribution in [0.1, 0.15) is 30.1 Å². The molecule has 0 unspecified atom stereocenters. The van der Waals surface area contributed by atoms with E-state index in [9.17, 15) is 0 Å². The zero-order chi connectivity index (χ0) is 14.8. The Kier molecular flexibility index (Phi) is 3.39. The number of aromatic nitrogens is 5. The second-order valence-electron chi connectivity index (χ2n) is 5.82. The molecule has 0 saturated heterocycles. The molecule has 1 aliphatic carbocycles. The summed E-state index contributed by atoms with van der Waals surface area (Å²) in [6.07, 6.45) is 9.87. The van der Waals surface area contributed by atoms with E-state index in [-0.39, 0.29) is 0 Å². The highest BCUT2D eigenvalue weighted by molar-refractivity contribution is 5.57. The Morgan fingerprint density at radius 2 is 2.09 bits per heavy atom. The molecule has 3 aromatic heterocycles.